The molecule has 0 saturated heterocycles. The van der Waals surface area contributed by atoms with E-state index in [2.05, 4.69) is 15.3 Å². The zero-order chi connectivity index (χ0) is 13.8. The lowest BCUT2D eigenvalue weighted by molar-refractivity contribution is 0.870. The van der Waals surface area contributed by atoms with Crippen LogP contribution in [0.1, 0.15) is 19.0 Å². The molecule has 0 saturated carbocycles. The van der Waals surface area contributed by atoms with Crippen LogP contribution in [0, 0.1) is 0 Å². The van der Waals surface area contributed by atoms with E-state index in [0.717, 1.165) is 18.5 Å². The quantitative estimate of drug-likeness (QED) is 0.903. The molecule has 19 heavy (non-hydrogen) atoms. The van der Waals surface area contributed by atoms with E-state index in [4.69, 9.17) is 23.2 Å². The van der Waals surface area contributed by atoms with Crippen LogP contribution >= 0.6 is 23.2 Å². The normalized spacial score (nSPS) is 10.5. The van der Waals surface area contributed by atoms with Crippen molar-refractivity contribution in [2.75, 3.05) is 5.32 Å². The topological polar surface area (TPSA) is 57.8 Å². The predicted octanol–water partition coefficient (Wildman–Crippen LogP) is 3.77. The van der Waals surface area contributed by atoms with Crippen LogP contribution in [-0.2, 0) is 6.42 Å². The second kappa shape index (κ2) is 6.08. The highest BCUT2D eigenvalue weighted by atomic mass is 35.5. The van der Waals surface area contributed by atoms with Crippen LogP contribution in [0.25, 0.3) is 0 Å². The van der Waals surface area contributed by atoms with E-state index in [0.29, 0.717) is 21.7 Å². The molecule has 4 nitrogen and oxygen atoms in total. The largest absolute Gasteiger partial charge is 0.326 e. The first-order valence-corrected chi connectivity index (χ1v) is 6.66. The summed E-state index contributed by atoms with van der Waals surface area (Å²) in [4.78, 5) is 18.5. The summed E-state index contributed by atoms with van der Waals surface area (Å²) in [6, 6.07) is 6.63. The van der Waals surface area contributed by atoms with E-state index in [9.17, 15) is 4.79 Å². The average Bonchev–Trinajstić information content (AvgIpc) is 2.33. The van der Waals surface area contributed by atoms with E-state index in [1.807, 2.05) is 6.92 Å². The van der Waals surface area contributed by atoms with Crippen molar-refractivity contribution in [3.63, 3.8) is 0 Å². The summed E-state index contributed by atoms with van der Waals surface area (Å²) in [6.07, 6.45) is 1.70. The van der Waals surface area contributed by atoms with Crippen molar-refractivity contribution < 1.29 is 0 Å². The first-order chi connectivity index (χ1) is 9.08. The second-order valence-corrected chi connectivity index (χ2v) is 4.90. The van der Waals surface area contributed by atoms with Crippen molar-refractivity contribution >= 4 is 34.8 Å². The highest BCUT2D eigenvalue weighted by Gasteiger charge is 2.03. The van der Waals surface area contributed by atoms with E-state index < -0.39 is 0 Å². The van der Waals surface area contributed by atoms with E-state index in [1.54, 1.807) is 18.2 Å². The molecule has 1 heterocycles. The molecule has 0 unspecified atom stereocenters. The maximum Gasteiger partial charge on any atom is 0.252 e. The highest BCUT2D eigenvalue weighted by molar-refractivity contribution is 6.42. The van der Waals surface area contributed by atoms with Gasteiger partial charge in [-0.3, -0.25) is 9.78 Å². The van der Waals surface area contributed by atoms with Crippen LogP contribution in [0.4, 0.5) is 11.6 Å². The summed E-state index contributed by atoms with van der Waals surface area (Å²) in [5.41, 5.74) is 1.29. The minimum atomic E-state index is -0.180. The minimum Gasteiger partial charge on any atom is -0.326 e. The molecule has 0 aliphatic heterocycles. The Labute approximate surface area is 120 Å². The van der Waals surface area contributed by atoms with Gasteiger partial charge in [-0.05, 0) is 24.6 Å². The van der Waals surface area contributed by atoms with Gasteiger partial charge < -0.3 is 5.32 Å². The zero-order valence-electron chi connectivity index (χ0n) is 10.3. The number of aryl methyl sites for hydroxylation is 1. The molecule has 100 valence electrons. The smallest absolute Gasteiger partial charge is 0.252 e. The summed E-state index contributed by atoms with van der Waals surface area (Å²) in [5, 5.41) is 3.93. The SMILES string of the molecule is CCCc1cc(=O)[nH]c(Nc2ccc(Cl)c(Cl)c2)n1. The number of H-pyrrole nitrogens is 1. The zero-order valence-corrected chi connectivity index (χ0v) is 11.8. The lowest BCUT2D eigenvalue weighted by Crippen LogP contribution is -2.12. The highest BCUT2D eigenvalue weighted by Crippen LogP contribution is 2.26. The monoisotopic (exact) mass is 297 g/mol. The average molecular weight is 298 g/mol. The summed E-state index contributed by atoms with van der Waals surface area (Å²) in [5.74, 6) is 0.398. The summed E-state index contributed by atoms with van der Waals surface area (Å²) in [6.45, 7) is 2.04. The molecule has 0 fully saturated rings. The number of aromatic nitrogens is 2. The number of nitrogens with one attached hydrogen (secondary N) is 2. The molecule has 2 N–H and O–H groups in total. The molecule has 1 aromatic carbocycles. The number of hydrogen-bond acceptors (Lipinski definition) is 3. The third kappa shape index (κ3) is 3.72. The van der Waals surface area contributed by atoms with Gasteiger partial charge in [0.15, 0.2) is 0 Å². The number of halogens is 2. The maximum atomic E-state index is 11.5. The third-order valence-electron chi connectivity index (χ3n) is 2.48. The Bertz CT molecular complexity index is 640. The van der Waals surface area contributed by atoms with Gasteiger partial charge in [-0.25, -0.2) is 4.98 Å². The first-order valence-electron chi connectivity index (χ1n) is 5.91. The summed E-state index contributed by atoms with van der Waals surface area (Å²) >= 11 is 11.8. The van der Waals surface area contributed by atoms with Gasteiger partial charge in [0, 0.05) is 17.4 Å². The Hall–Kier alpha value is -1.52. The molecular weight excluding hydrogens is 285 g/mol. The van der Waals surface area contributed by atoms with Gasteiger partial charge in [0.2, 0.25) is 5.95 Å². The number of nitrogens with zero attached hydrogens (tertiary/aromatic N) is 1. The van der Waals surface area contributed by atoms with Crippen LogP contribution in [0.2, 0.25) is 10.0 Å². The number of benzene rings is 1. The minimum absolute atomic E-state index is 0.180. The lowest BCUT2D eigenvalue weighted by atomic mass is 10.2. The van der Waals surface area contributed by atoms with Gasteiger partial charge in [-0.1, -0.05) is 36.5 Å². The third-order valence-corrected chi connectivity index (χ3v) is 3.22. The van der Waals surface area contributed by atoms with Gasteiger partial charge in [0.25, 0.3) is 5.56 Å². The van der Waals surface area contributed by atoms with Crippen molar-refractivity contribution in [1.82, 2.24) is 9.97 Å². The number of aromatic amines is 1. The first kappa shape index (κ1) is 13.9. The molecule has 0 spiro atoms. The number of hydrogen-bond donors (Lipinski definition) is 2. The van der Waals surface area contributed by atoms with Crippen LogP contribution in [0.3, 0.4) is 0 Å². The molecular formula is C13H13Cl2N3O. The van der Waals surface area contributed by atoms with Gasteiger partial charge in [0.1, 0.15) is 0 Å². The second-order valence-electron chi connectivity index (χ2n) is 4.09. The Morgan fingerprint density at radius 3 is 2.74 bits per heavy atom. The number of anilines is 2. The molecule has 0 atom stereocenters. The fourth-order valence-electron chi connectivity index (χ4n) is 1.66. The molecule has 0 aliphatic carbocycles. The standard InChI is InChI=1S/C13H13Cl2N3O/c1-2-3-8-7-12(19)18-13(16-8)17-9-4-5-10(14)11(15)6-9/h4-7H,2-3H2,1H3,(H2,16,17,18,19). The fourth-order valence-corrected chi connectivity index (χ4v) is 1.96. The van der Waals surface area contributed by atoms with Crippen molar-refractivity contribution in [2.24, 2.45) is 0 Å². The van der Waals surface area contributed by atoms with Crippen molar-refractivity contribution in [3.8, 4) is 0 Å². The fraction of sp³-hybridized carbons (Fsp3) is 0.231. The number of rotatable bonds is 4. The predicted molar refractivity (Wildman–Crippen MR) is 78.6 cm³/mol. The maximum absolute atomic E-state index is 11.5. The van der Waals surface area contributed by atoms with Gasteiger partial charge in [0.05, 0.1) is 10.0 Å². The van der Waals surface area contributed by atoms with Crippen LogP contribution < -0.4 is 10.9 Å². The van der Waals surface area contributed by atoms with E-state index in [1.165, 1.54) is 6.07 Å². The Balaban J connectivity index is 2.27. The van der Waals surface area contributed by atoms with Crippen molar-refractivity contribution in [2.45, 2.75) is 19.8 Å². The molecule has 6 heteroatoms. The molecule has 0 amide bonds. The van der Waals surface area contributed by atoms with Crippen molar-refractivity contribution in [1.29, 1.82) is 0 Å². The molecule has 0 radical (unpaired) electrons. The van der Waals surface area contributed by atoms with Crippen LogP contribution in [0.15, 0.2) is 29.1 Å². The molecule has 2 aromatic rings. The lowest BCUT2D eigenvalue weighted by Gasteiger charge is -2.07. The van der Waals surface area contributed by atoms with E-state index >= 15 is 0 Å². The Morgan fingerprint density at radius 2 is 2.05 bits per heavy atom. The Kier molecular flexibility index (Phi) is 4.45. The molecule has 1 aromatic heterocycles. The van der Waals surface area contributed by atoms with Crippen molar-refractivity contribution in [3.05, 3.63) is 50.4 Å². The van der Waals surface area contributed by atoms with Gasteiger partial charge in [-0.2, -0.15) is 0 Å². The summed E-state index contributed by atoms with van der Waals surface area (Å²) in [7, 11) is 0. The van der Waals surface area contributed by atoms with Gasteiger partial charge in [-0.15, -0.1) is 0 Å². The summed E-state index contributed by atoms with van der Waals surface area (Å²) < 4.78 is 0. The Morgan fingerprint density at radius 1 is 1.26 bits per heavy atom. The van der Waals surface area contributed by atoms with Crippen LogP contribution in [0.5, 0.6) is 0 Å². The molecule has 0 bridgehead atoms. The molecule has 0 aliphatic rings. The van der Waals surface area contributed by atoms with Gasteiger partial charge >= 0.3 is 0 Å². The van der Waals surface area contributed by atoms with E-state index in [-0.39, 0.29) is 5.56 Å². The molecule has 2 rings (SSSR count). The van der Waals surface area contributed by atoms with Crippen LogP contribution in [-0.4, -0.2) is 9.97 Å².